The summed E-state index contributed by atoms with van der Waals surface area (Å²) in [7, 11) is 1.27. The highest BCUT2D eigenvalue weighted by molar-refractivity contribution is 9.11. The predicted molar refractivity (Wildman–Crippen MR) is 188 cm³/mol. The van der Waals surface area contributed by atoms with E-state index in [0.29, 0.717) is 60.0 Å². The number of halogens is 2. The molecule has 0 N–H and O–H groups in total. The van der Waals surface area contributed by atoms with Gasteiger partial charge in [0.2, 0.25) is 0 Å². The number of ether oxygens (including phenoxy) is 5. The molecule has 0 saturated carbocycles. The second kappa shape index (κ2) is 15.8. The van der Waals surface area contributed by atoms with Gasteiger partial charge in [-0.3, -0.25) is 9.36 Å². The zero-order valence-electron chi connectivity index (χ0n) is 26.6. The van der Waals surface area contributed by atoms with Gasteiger partial charge in [0.15, 0.2) is 22.9 Å². The van der Waals surface area contributed by atoms with Crippen LogP contribution >= 0.6 is 43.2 Å². The highest BCUT2D eigenvalue weighted by atomic mass is 79.9. The number of esters is 2. The maximum atomic E-state index is 14.2. The minimum absolute atomic E-state index is 0.145. The van der Waals surface area contributed by atoms with E-state index >= 15 is 0 Å². The summed E-state index contributed by atoms with van der Waals surface area (Å²) in [5.41, 5.74) is 2.67. The molecule has 10 nitrogen and oxygen atoms in total. The minimum Gasteiger partial charge on any atom is -0.490 e. The molecule has 250 valence electrons. The van der Waals surface area contributed by atoms with E-state index in [2.05, 4.69) is 41.6 Å². The van der Waals surface area contributed by atoms with Crippen LogP contribution in [0, 0.1) is 0 Å². The van der Waals surface area contributed by atoms with Crippen molar-refractivity contribution < 1.29 is 33.3 Å². The van der Waals surface area contributed by atoms with Crippen LogP contribution in [0.5, 0.6) is 17.2 Å². The van der Waals surface area contributed by atoms with Gasteiger partial charge < -0.3 is 23.7 Å². The fourth-order valence-electron chi connectivity index (χ4n) is 5.07. The number of fused-ring (bicyclic) bond motifs is 1. The SMILES string of the molecule is CCOC(=O)C1=C(C)N=c2s/c(=C\c3cc(Br)c(OCc4ccccc4)c(Br)c3)c(=O)n2[C@H]1c1ccc(OCC(=O)OC)c(OCC)c1. The van der Waals surface area contributed by atoms with Crippen molar-refractivity contribution in [2.75, 3.05) is 26.9 Å². The smallest absolute Gasteiger partial charge is 0.343 e. The van der Waals surface area contributed by atoms with Gasteiger partial charge in [0.1, 0.15) is 12.4 Å². The number of allylic oxidation sites excluding steroid dienone is 1. The first-order valence-electron chi connectivity index (χ1n) is 15.0. The summed E-state index contributed by atoms with van der Waals surface area (Å²) in [6.07, 6.45) is 1.77. The van der Waals surface area contributed by atoms with Gasteiger partial charge in [0.25, 0.3) is 5.56 Å². The van der Waals surface area contributed by atoms with Crippen LogP contribution in [-0.2, 0) is 25.7 Å². The van der Waals surface area contributed by atoms with Crippen LogP contribution in [0.1, 0.15) is 43.5 Å². The van der Waals surface area contributed by atoms with E-state index in [1.807, 2.05) is 49.4 Å². The van der Waals surface area contributed by atoms with Gasteiger partial charge in [-0.2, -0.15) is 0 Å². The van der Waals surface area contributed by atoms with Gasteiger partial charge >= 0.3 is 11.9 Å². The van der Waals surface area contributed by atoms with E-state index < -0.39 is 18.0 Å². The number of carbonyl (C=O) groups excluding carboxylic acids is 2. The molecule has 2 heterocycles. The summed E-state index contributed by atoms with van der Waals surface area (Å²) in [6, 6.07) is 17.8. The van der Waals surface area contributed by atoms with E-state index in [0.717, 1.165) is 11.1 Å². The highest BCUT2D eigenvalue weighted by Gasteiger charge is 2.34. The Hall–Kier alpha value is -4.20. The number of nitrogens with zero attached hydrogens (tertiary/aromatic N) is 2. The fourth-order valence-corrected chi connectivity index (χ4v) is 7.56. The molecule has 5 rings (SSSR count). The standard InChI is InChI=1S/C35H32Br2N2O8S/c1-5-44-27-17-23(12-13-26(27)46-19-29(40)43-4)31-30(34(42)45-6-2)20(3)38-35-39(31)33(41)28(48-35)16-22-14-24(36)32(25(37)15-22)47-18-21-10-8-7-9-11-21/h7-17,31H,5-6,18-19H2,1-4H3/b28-16-/t31-/m0/s1. The molecule has 0 fully saturated rings. The first kappa shape index (κ1) is 35.1. The molecule has 48 heavy (non-hydrogen) atoms. The number of methoxy groups -OCH3 is 1. The van der Waals surface area contributed by atoms with Crippen molar-refractivity contribution in [3.8, 4) is 17.2 Å². The third kappa shape index (κ3) is 7.74. The lowest BCUT2D eigenvalue weighted by molar-refractivity contribution is -0.143. The van der Waals surface area contributed by atoms with Crippen molar-refractivity contribution in [1.29, 1.82) is 0 Å². The number of carbonyl (C=O) groups is 2. The maximum Gasteiger partial charge on any atom is 0.343 e. The van der Waals surface area contributed by atoms with Crippen LogP contribution < -0.4 is 29.1 Å². The predicted octanol–water partition coefficient (Wildman–Crippen LogP) is 5.85. The second-order valence-corrected chi connectivity index (χ2v) is 13.1. The molecule has 1 aromatic heterocycles. The molecule has 1 aliphatic heterocycles. The molecule has 0 unspecified atom stereocenters. The lowest BCUT2D eigenvalue weighted by atomic mass is 9.95. The van der Waals surface area contributed by atoms with E-state index in [-0.39, 0.29) is 24.3 Å². The monoisotopic (exact) mass is 798 g/mol. The van der Waals surface area contributed by atoms with Crippen molar-refractivity contribution in [1.82, 2.24) is 4.57 Å². The summed E-state index contributed by atoms with van der Waals surface area (Å²) >= 11 is 8.45. The van der Waals surface area contributed by atoms with Crippen molar-refractivity contribution >= 4 is 61.2 Å². The highest BCUT2D eigenvalue weighted by Crippen LogP contribution is 2.37. The van der Waals surface area contributed by atoms with Gasteiger partial charge in [-0.25, -0.2) is 14.6 Å². The molecule has 1 aliphatic rings. The molecule has 0 amide bonds. The fraction of sp³-hybridized carbons (Fsp3) is 0.257. The van der Waals surface area contributed by atoms with Crippen LogP contribution in [0.4, 0.5) is 0 Å². The molecule has 13 heteroatoms. The second-order valence-electron chi connectivity index (χ2n) is 10.4. The summed E-state index contributed by atoms with van der Waals surface area (Å²) in [5, 5.41) is 0. The summed E-state index contributed by atoms with van der Waals surface area (Å²) in [5.74, 6) is 0.148. The average Bonchev–Trinajstić information content (AvgIpc) is 3.37. The topological polar surface area (TPSA) is 115 Å². The van der Waals surface area contributed by atoms with Crippen molar-refractivity contribution in [2.45, 2.75) is 33.4 Å². The van der Waals surface area contributed by atoms with Crippen molar-refractivity contribution in [3.63, 3.8) is 0 Å². The van der Waals surface area contributed by atoms with Gasteiger partial charge in [-0.05, 0) is 99.7 Å². The first-order valence-corrected chi connectivity index (χ1v) is 17.4. The molecule has 1 atom stereocenters. The Balaban J connectivity index is 1.58. The zero-order valence-corrected chi connectivity index (χ0v) is 30.6. The average molecular weight is 801 g/mol. The molecule has 0 radical (unpaired) electrons. The van der Waals surface area contributed by atoms with Crippen molar-refractivity contribution in [2.24, 2.45) is 4.99 Å². The molecular formula is C35H32Br2N2O8S. The van der Waals surface area contributed by atoms with Crippen LogP contribution in [0.25, 0.3) is 6.08 Å². The zero-order chi connectivity index (χ0) is 34.4. The van der Waals surface area contributed by atoms with Gasteiger partial charge in [-0.15, -0.1) is 0 Å². The Morgan fingerprint density at radius 1 is 0.958 bits per heavy atom. The maximum absolute atomic E-state index is 14.2. The number of hydrogen-bond acceptors (Lipinski definition) is 10. The van der Waals surface area contributed by atoms with Gasteiger partial charge in [-0.1, -0.05) is 47.7 Å². The first-order chi connectivity index (χ1) is 23.1. The summed E-state index contributed by atoms with van der Waals surface area (Å²) in [4.78, 5) is 44.3. The molecule has 0 aliphatic carbocycles. The molecular weight excluding hydrogens is 768 g/mol. The quantitative estimate of drug-likeness (QED) is 0.164. The Labute approximate surface area is 297 Å². The number of hydrogen-bond donors (Lipinski definition) is 0. The van der Waals surface area contributed by atoms with Crippen LogP contribution in [-0.4, -0.2) is 43.4 Å². The van der Waals surface area contributed by atoms with E-state index in [9.17, 15) is 14.4 Å². The minimum atomic E-state index is -0.872. The normalized spacial score (nSPS) is 14.2. The van der Waals surface area contributed by atoms with Gasteiger partial charge in [0.05, 0.1) is 51.1 Å². The van der Waals surface area contributed by atoms with Gasteiger partial charge in [0, 0.05) is 0 Å². The Kier molecular flexibility index (Phi) is 11.6. The van der Waals surface area contributed by atoms with Crippen molar-refractivity contribution in [3.05, 3.63) is 117 Å². The third-order valence-corrected chi connectivity index (χ3v) is 9.38. The summed E-state index contributed by atoms with van der Waals surface area (Å²) < 4.78 is 31.0. The third-order valence-electron chi connectivity index (χ3n) is 7.22. The Morgan fingerprint density at radius 2 is 1.69 bits per heavy atom. The number of aromatic nitrogens is 1. The number of thiazole rings is 1. The molecule has 3 aromatic carbocycles. The number of benzene rings is 3. The molecule has 4 aromatic rings. The van der Waals surface area contributed by atoms with Crippen LogP contribution in [0.2, 0.25) is 0 Å². The lowest BCUT2D eigenvalue weighted by Crippen LogP contribution is -2.40. The Bertz CT molecular complexity index is 2030. The molecule has 0 saturated heterocycles. The van der Waals surface area contributed by atoms with Crippen LogP contribution in [0.15, 0.2) is 90.7 Å². The van der Waals surface area contributed by atoms with E-state index in [4.69, 9.17) is 18.9 Å². The van der Waals surface area contributed by atoms with E-state index in [1.165, 1.54) is 23.0 Å². The molecule has 0 bridgehead atoms. The van der Waals surface area contributed by atoms with E-state index in [1.54, 1.807) is 38.1 Å². The Morgan fingerprint density at radius 3 is 2.35 bits per heavy atom. The van der Waals surface area contributed by atoms with Crippen LogP contribution in [0.3, 0.4) is 0 Å². The lowest BCUT2D eigenvalue weighted by Gasteiger charge is -2.25. The molecule has 0 spiro atoms. The number of rotatable bonds is 12. The summed E-state index contributed by atoms with van der Waals surface area (Å²) in [6.45, 7) is 5.77. The largest absolute Gasteiger partial charge is 0.490 e.